The zero-order valence-corrected chi connectivity index (χ0v) is 14.7. The molecule has 1 saturated carbocycles. The number of hydrogen-bond acceptors (Lipinski definition) is 3. The summed E-state index contributed by atoms with van der Waals surface area (Å²) in [6.07, 6.45) is 5.00. The SMILES string of the molecule is CC1CCC(N(C)CC(=O)N(C)Cc2ccc(Cl)s2)CC1. The van der Waals surface area contributed by atoms with Crippen molar-refractivity contribution in [2.24, 2.45) is 5.92 Å². The lowest BCUT2D eigenvalue weighted by Gasteiger charge is -2.34. The molecule has 1 heterocycles. The molecule has 1 amide bonds. The molecule has 0 aromatic carbocycles. The van der Waals surface area contributed by atoms with E-state index in [4.69, 9.17) is 11.6 Å². The first-order chi connectivity index (χ1) is 9.95. The molecule has 0 bridgehead atoms. The number of carbonyl (C=O) groups excluding carboxylic acids is 1. The summed E-state index contributed by atoms with van der Waals surface area (Å²) in [5, 5.41) is 0. The Balaban J connectivity index is 1.79. The van der Waals surface area contributed by atoms with Crippen LogP contribution >= 0.6 is 22.9 Å². The predicted octanol–water partition coefficient (Wildman–Crippen LogP) is 3.87. The van der Waals surface area contributed by atoms with Gasteiger partial charge in [0, 0.05) is 18.0 Å². The Morgan fingerprint density at radius 1 is 1.29 bits per heavy atom. The zero-order chi connectivity index (χ0) is 15.4. The van der Waals surface area contributed by atoms with Crippen LogP contribution in [0.3, 0.4) is 0 Å². The van der Waals surface area contributed by atoms with Crippen molar-refractivity contribution in [3.8, 4) is 0 Å². The third kappa shape index (κ3) is 4.97. The van der Waals surface area contributed by atoms with Gasteiger partial charge in [-0.3, -0.25) is 9.69 Å². The fraction of sp³-hybridized carbons (Fsp3) is 0.688. The first-order valence-electron chi connectivity index (χ1n) is 7.64. The molecule has 0 unspecified atom stereocenters. The normalized spacial score (nSPS) is 22.5. The first-order valence-corrected chi connectivity index (χ1v) is 8.83. The number of carbonyl (C=O) groups is 1. The maximum Gasteiger partial charge on any atom is 0.236 e. The van der Waals surface area contributed by atoms with Crippen LogP contribution in [0.5, 0.6) is 0 Å². The Labute approximate surface area is 136 Å². The third-order valence-corrected chi connectivity index (χ3v) is 5.66. The van der Waals surface area contributed by atoms with Crippen LogP contribution in [-0.4, -0.2) is 42.4 Å². The fourth-order valence-corrected chi connectivity index (χ4v) is 4.05. The van der Waals surface area contributed by atoms with Gasteiger partial charge in [-0.25, -0.2) is 0 Å². The van der Waals surface area contributed by atoms with Crippen LogP contribution in [0.15, 0.2) is 12.1 Å². The second kappa shape index (κ2) is 7.61. The number of thiophene rings is 1. The van der Waals surface area contributed by atoms with Gasteiger partial charge in [0.25, 0.3) is 0 Å². The zero-order valence-electron chi connectivity index (χ0n) is 13.1. The summed E-state index contributed by atoms with van der Waals surface area (Å²) >= 11 is 7.47. The summed E-state index contributed by atoms with van der Waals surface area (Å²) in [6.45, 7) is 3.47. The molecule has 118 valence electrons. The summed E-state index contributed by atoms with van der Waals surface area (Å²) in [5.41, 5.74) is 0. The minimum atomic E-state index is 0.181. The predicted molar refractivity (Wildman–Crippen MR) is 89.9 cm³/mol. The molecule has 1 aromatic rings. The Morgan fingerprint density at radius 3 is 2.52 bits per heavy atom. The van der Waals surface area contributed by atoms with E-state index in [1.165, 1.54) is 37.0 Å². The van der Waals surface area contributed by atoms with Crippen molar-refractivity contribution in [1.82, 2.24) is 9.80 Å². The van der Waals surface area contributed by atoms with Gasteiger partial charge in [0.15, 0.2) is 0 Å². The number of halogens is 1. The molecule has 1 fully saturated rings. The highest BCUT2D eigenvalue weighted by molar-refractivity contribution is 7.16. The minimum Gasteiger partial charge on any atom is -0.340 e. The molecule has 1 aliphatic carbocycles. The highest BCUT2D eigenvalue weighted by Gasteiger charge is 2.23. The van der Waals surface area contributed by atoms with Crippen LogP contribution < -0.4 is 0 Å². The number of hydrogen-bond donors (Lipinski definition) is 0. The van der Waals surface area contributed by atoms with Crippen LogP contribution in [0.1, 0.15) is 37.5 Å². The summed E-state index contributed by atoms with van der Waals surface area (Å²) in [5.74, 6) is 1.03. The monoisotopic (exact) mass is 328 g/mol. The summed E-state index contributed by atoms with van der Waals surface area (Å²) in [7, 11) is 3.95. The van der Waals surface area contributed by atoms with E-state index in [0.29, 0.717) is 19.1 Å². The minimum absolute atomic E-state index is 0.181. The van der Waals surface area contributed by atoms with Crippen molar-refractivity contribution in [2.45, 2.75) is 45.2 Å². The molecular formula is C16H25ClN2OS. The van der Waals surface area contributed by atoms with Gasteiger partial charge in [-0.2, -0.15) is 0 Å². The summed E-state index contributed by atoms with van der Waals surface area (Å²) in [4.78, 5) is 17.5. The molecule has 3 nitrogen and oxygen atoms in total. The Kier molecular flexibility index (Phi) is 6.08. The van der Waals surface area contributed by atoms with Crippen molar-refractivity contribution in [3.05, 3.63) is 21.3 Å². The van der Waals surface area contributed by atoms with E-state index in [-0.39, 0.29) is 5.91 Å². The molecule has 1 aromatic heterocycles. The van der Waals surface area contributed by atoms with Gasteiger partial charge in [-0.15, -0.1) is 11.3 Å². The molecule has 21 heavy (non-hydrogen) atoms. The first kappa shape index (κ1) is 16.8. The molecule has 0 spiro atoms. The summed E-state index contributed by atoms with van der Waals surface area (Å²) < 4.78 is 0.777. The number of rotatable bonds is 5. The average Bonchev–Trinajstić information content (AvgIpc) is 2.84. The van der Waals surface area contributed by atoms with E-state index in [9.17, 15) is 4.79 Å². The molecular weight excluding hydrogens is 304 g/mol. The van der Waals surface area contributed by atoms with Gasteiger partial charge in [0.05, 0.1) is 17.4 Å². The molecule has 0 atom stereocenters. The average molecular weight is 329 g/mol. The molecule has 2 rings (SSSR count). The molecule has 0 radical (unpaired) electrons. The van der Waals surface area contributed by atoms with Gasteiger partial charge in [0.1, 0.15) is 0 Å². The van der Waals surface area contributed by atoms with Crippen LogP contribution in [0.4, 0.5) is 0 Å². The van der Waals surface area contributed by atoms with E-state index in [0.717, 1.165) is 15.1 Å². The van der Waals surface area contributed by atoms with E-state index < -0.39 is 0 Å². The van der Waals surface area contributed by atoms with Crippen molar-refractivity contribution in [2.75, 3.05) is 20.6 Å². The van der Waals surface area contributed by atoms with Crippen molar-refractivity contribution in [1.29, 1.82) is 0 Å². The van der Waals surface area contributed by atoms with Gasteiger partial charge in [-0.05, 0) is 50.8 Å². The quantitative estimate of drug-likeness (QED) is 0.819. The Hall–Kier alpha value is -0.580. The van der Waals surface area contributed by atoms with E-state index in [1.807, 2.05) is 19.2 Å². The molecule has 0 aliphatic heterocycles. The molecule has 0 saturated heterocycles. The summed E-state index contributed by atoms with van der Waals surface area (Å²) in [6, 6.07) is 4.44. The lowest BCUT2D eigenvalue weighted by Crippen LogP contribution is -2.42. The lowest BCUT2D eigenvalue weighted by atomic mass is 9.87. The third-order valence-electron chi connectivity index (χ3n) is 4.44. The van der Waals surface area contributed by atoms with E-state index >= 15 is 0 Å². The fourth-order valence-electron chi connectivity index (χ4n) is 2.91. The lowest BCUT2D eigenvalue weighted by molar-refractivity contribution is -0.132. The Morgan fingerprint density at radius 2 is 1.95 bits per heavy atom. The van der Waals surface area contributed by atoms with Crippen molar-refractivity contribution in [3.63, 3.8) is 0 Å². The molecule has 1 aliphatic rings. The topological polar surface area (TPSA) is 23.6 Å². The van der Waals surface area contributed by atoms with Crippen LogP contribution in [0, 0.1) is 5.92 Å². The molecule has 0 N–H and O–H groups in total. The highest BCUT2D eigenvalue weighted by Crippen LogP contribution is 2.26. The standard InChI is InChI=1S/C16H25ClN2OS/c1-12-4-6-13(7-5-12)18(2)11-16(20)19(3)10-14-8-9-15(17)21-14/h8-9,12-13H,4-7,10-11H2,1-3H3. The van der Waals surface area contributed by atoms with Crippen LogP contribution in [0.2, 0.25) is 4.34 Å². The largest absolute Gasteiger partial charge is 0.340 e. The van der Waals surface area contributed by atoms with Gasteiger partial charge >= 0.3 is 0 Å². The van der Waals surface area contributed by atoms with E-state index in [1.54, 1.807) is 4.90 Å². The maximum absolute atomic E-state index is 12.3. The number of amides is 1. The number of nitrogens with zero attached hydrogens (tertiary/aromatic N) is 2. The highest BCUT2D eigenvalue weighted by atomic mass is 35.5. The van der Waals surface area contributed by atoms with Gasteiger partial charge in [0.2, 0.25) is 5.91 Å². The number of likely N-dealkylation sites (N-methyl/N-ethyl adjacent to an activating group) is 2. The van der Waals surface area contributed by atoms with Gasteiger partial charge in [-0.1, -0.05) is 18.5 Å². The van der Waals surface area contributed by atoms with Gasteiger partial charge < -0.3 is 4.90 Å². The van der Waals surface area contributed by atoms with Crippen molar-refractivity contribution < 1.29 is 4.79 Å². The maximum atomic E-state index is 12.3. The smallest absolute Gasteiger partial charge is 0.236 e. The second-order valence-electron chi connectivity index (χ2n) is 6.28. The van der Waals surface area contributed by atoms with Crippen LogP contribution in [0.25, 0.3) is 0 Å². The Bertz CT molecular complexity index is 469. The van der Waals surface area contributed by atoms with Crippen LogP contribution in [-0.2, 0) is 11.3 Å². The van der Waals surface area contributed by atoms with Crippen molar-refractivity contribution >= 4 is 28.8 Å². The molecule has 5 heteroatoms. The van der Waals surface area contributed by atoms with E-state index in [2.05, 4.69) is 18.9 Å². The second-order valence-corrected chi connectivity index (χ2v) is 8.08.